The van der Waals surface area contributed by atoms with Crippen LogP contribution in [0.3, 0.4) is 0 Å². The second kappa shape index (κ2) is 9.92. The number of imidazole rings is 1. The Balaban J connectivity index is 0.00000380. The Hall–Kier alpha value is -3.21. The first-order valence-corrected chi connectivity index (χ1v) is 10.0. The zero-order chi connectivity index (χ0) is 26.5. The van der Waals surface area contributed by atoms with Gasteiger partial charge in [-0.15, -0.1) is 6.07 Å². The third-order valence-electron chi connectivity index (χ3n) is 5.17. The molecule has 0 spiro atoms. The Kier molecular flexibility index (Phi) is 7.60. The summed E-state index contributed by atoms with van der Waals surface area (Å²) in [6.07, 6.45) is -8.77. The van der Waals surface area contributed by atoms with Crippen molar-refractivity contribution in [3.8, 4) is 17.1 Å². The van der Waals surface area contributed by atoms with Crippen LogP contribution in [0.15, 0.2) is 42.5 Å². The Morgan fingerprint density at radius 1 is 0.784 bits per heavy atom. The number of hydrogen-bond donors (Lipinski definition) is 0. The second-order valence-electron chi connectivity index (χ2n) is 8.03. The molecule has 4 aromatic rings. The molecule has 37 heavy (non-hydrogen) atoms. The second-order valence-corrected chi connectivity index (χ2v) is 8.03. The summed E-state index contributed by atoms with van der Waals surface area (Å²) in [5, 5.41) is 0. The molecule has 0 aliphatic rings. The van der Waals surface area contributed by atoms with Gasteiger partial charge in [-0.3, -0.25) is 15.0 Å². The molecule has 14 heteroatoms. The SMILES string of the molecule is CC(C)(c1cccc(-c2[c-]cc(F)nc2F)n1)c1cccc(-n2[c-]c(C(F)(F)F)nc2C(F)(F)F)n1.[Pt+2]. The number of rotatable bonds is 4. The van der Waals surface area contributed by atoms with E-state index >= 15 is 0 Å². The topological polar surface area (TPSA) is 56.5 Å². The summed E-state index contributed by atoms with van der Waals surface area (Å²) < 4.78 is 107. The molecule has 0 aliphatic heterocycles. The first-order valence-electron chi connectivity index (χ1n) is 10.0. The number of pyridine rings is 3. The normalized spacial score (nSPS) is 12.4. The summed E-state index contributed by atoms with van der Waals surface area (Å²) >= 11 is 0. The van der Waals surface area contributed by atoms with Gasteiger partial charge in [0.05, 0.1) is 5.69 Å². The van der Waals surface area contributed by atoms with Gasteiger partial charge in [-0.25, -0.2) is 8.78 Å². The maximum absolute atomic E-state index is 14.1. The van der Waals surface area contributed by atoms with Crippen molar-refractivity contribution in [3.05, 3.63) is 89.5 Å². The van der Waals surface area contributed by atoms with Crippen molar-refractivity contribution in [2.45, 2.75) is 31.6 Å². The Morgan fingerprint density at radius 3 is 2.00 bits per heavy atom. The van der Waals surface area contributed by atoms with Crippen LogP contribution in [0, 0.1) is 24.2 Å². The Morgan fingerprint density at radius 2 is 1.41 bits per heavy atom. The molecule has 4 aromatic heterocycles. The molecule has 0 unspecified atom stereocenters. The predicted molar refractivity (Wildman–Crippen MR) is 109 cm³/mol. The maximum Gasteiger partial charge on any atom is 2.00 e. The molecule has 0 atom stereocenters. The van der Waals surface area contributed by atoms with Crippen LogP contribution >= 0.6 is 0 Å². The van der Waals surface area contributed by atoms with Crippen LogP contribution in [0.25, 0.3) is 17.1 Å². The molecule has 0 bridgehead atoms. The molecule has 0 aliphatic carbocycles. The number of halogens is 8. The minimum absolute atomic E-state index is 0. The first kappa shape index (κ1) is 28.4. The van der Waals surface area contributed by atoms with Crippen molar-refractivity contribution in [2.75, 3.05) is 0 Å². The van der Waals surface area contributed by atoms with E-state index < -0.39 is 47.0 Å². The average Bonchev–Trinajstić information content (AvgIpc) is 3.26. The van der Waals surface area contributed by atoms with Crippen LogP contribution in [0.2, 0.25) is 0 Å². The largest absolute Gasteiger partial charge is 2.00 e. The third-order valence-corrected chi connectivity index (χ3v) is 5.17. The molecule has 0 saturated heterocycles. The average molecular weight is 706 g/mol. The summed E-state index contributed by atoms with van der Waals surface area (Å²) in [5.41, 5.74) is -2.71. The van der Waals surface area contributed by atoms with Gasteiger partial charge in [-0.05, 0) is 31.7 Å². The van der Waals surface area contributed by atoms with Gasteiger partial charge in [-0.1, -0.05) is 42.1 Å². The molecule has 5 nitrogen and oxygen atoms in total. The summed E-state index contributed by atoms with van der Waals surface area (Å²) in [5.74, 6) is -4.56. The Bertz CT molecular complexity index is 1430. The van der Waals surface area contributed by atoms with Crippen molar-refractivity contribution in [1.29, 1.82) is 0 Å². The van der Waals surface area contributed by atoms with Gasteiger partial charge in [0.1, 0.15) is 17.7 Å². The fraction of sp³-hybridized carbons (Fsp3) is 0.217. The zero-order valence-electron chi connectivity index (χ0n) is 18.6. The zero-order valence-corrected chi connectivity index (χ0v) is 20.9. The Labute approximate surface area is 218 Å². The van der Waals surface area contributed by atoms with Crippen LogP contribution in [0.5, 0.6) is 0 Å². The smallest absolute Gasteiger partial charge is 0.443 e. The van der Waals surface area contributed by atoms with Gasteiger partial charge in [0.25, 0.3) is 0 Å². The molecule has 0 radical (unpaired) electrons. The van der Waals surface area contributed by atoms with Gasteiger partial charge in [0.15, 0.2) is 0 Å². The van der Waals surface area contributed by atoms with E-state index in [1.807, 2.05) is 0 Å². The van der Waals surface area contributed by atoms with Crippen molar-refractivity contribution >= 4 is 0 Å². The molecule has 0 N–H and O–H groups in total. The summed E-state index contributed by atoms with van der Waals surface area (Å²) in [6, 6.07) is 11.5. The van der Waals surface area contributed by atoms with E-state index in [0.29, 0.717) is 0 Å². The number of alkyl halides is 6. The first-order chi connectivity index (χ1) is 16.7. The van der Waals surface area contributed by atoms with Gasteiger partial charge >= 0.3 is 33.4 Å². The standard InChI is InChI=1S/C23H13F8N5.Pt/c1-21(2,14-6-3-5-13(32-14)12-9-10-17(24)35-19(12)25)15-7-4-8-18(33-15)36-11-16(22(26,27)28)34-20(36)23(29,30)31;/h3-8,10H,1-2H3;/q-2;+2. The molecule has 0 fully saturated rings. The van der Waals surface area contributed by atoms with E-state index in [-0.39, 0.29) is 48.3 Å². The van der Waals surface area contributed by atoms with Crippen LogP contribution in [-0.4, -0.2) is 24.5 Å². The van der Waals surface area contributed by atoms with Gasteiger partial charge in [-0.2, -0.15) is 26.3 Å². The van der Waals surface area contributed by atoms with Crippen LogP contribution in [-0.2, 0) is 38.8 Å². The quantitative estimate of drug-likeness (QED) is 0.149. The van der Waals surface area contributed by atoms with Gasteiger partial charge < -0.3 is 9.55 Å². The summed E-state index contributed by atoms with van der Waals surface area (Å²) in [4.78, 5) is 14.2. The number of hydrogen-bond acceptors (Lipinski definition) is 4. The van der Waals surface area contributed by atoms with Crippen molar-refractivity contribution in [3.63, 3.8) is 0 Å². The fourth-order valence-electron chi connectivity index (χ4n) is 3.32. The number of aromatic nitrogens is 5. The minimum Gasteiger partial charge on any atom is -0.443 e. The molecule has 0 aromatic carbocycles. The van der Waals surface area contributed by atoms with Crippen molar-refractivity contribution in [1.82, 2.24) is 24.5 Å². The van der Waals surface area contributed by atoms with Crippen LogP contribution in [0.4, 0.5) is 35.1 Å². The molecular formula is C23H13F8N5Pt. The van der Waals surface area contributed by atoms with E-state index in [0.717, 1.165) is 12.1 Å². The fourth-order valence-corrected chi connectivity index (χ4v) is 3.32. The maximum atomic E-state index is 14.1. The van der Waals surface area contributed by atoms with E-state index in [4.69, 9.17) is 0 Å². The van der Waals surface area contributed by atoms with Crippen LogP contribution in [0.1, 0.15) is 36.8 Å². The van der Waals surface area contributed by atoms with Gasteiger partial charge in [0.2, 0.25) is 0 Å². The van der Waals surface area contributed by atoms with Crippen molar-refractivity contribution in [2.24, 2.45) is 0 Å². The van der Waals surface area contributed by atoms with E-state index in [1.54, 1.807) is 26.1 Å². The van der Waals surface area contributed by atoms with E-state index in [1.165, 1.54) is 24.3 Å². The molecule has 4 heterocycles. The molecule has 4 rings (SSSR count). The predicted octanol–water partition coefficient (Wildman–Crippen LogP) is 5.96. The molecule has 0 amide bonds. The minimum atomic E-state index is -5.22. The third kappa shape index (κ3) is 5.71. The molecule has 0 saturated carbocycles. The summed E-state index contributed by atoms with van der Waals surface area (Å²) in [6.45, 7) is 3.22. The van der Waals surface area contributed by atoms with Crippen LogP contribution < -0.4 is 0 Å². The van der Waals surface area contributed by atoms with E-state index in [2.05, 4.69) is 26.0 Å². The van der Waals surface area contributed by atoms with E-state index in [9.17, 15) is 35.1 Å². The van der Waals surface area contributed by atoms with Gasteiger partial charge in [0, 0.05) is 22.6 Å². The van der Waals surface area contributed by atoms with Crippen molar-refractivity contribution < 1.29 is 56.2 Å². The molecular weight excluding hydrogens is 693 g/mol. The monoisotopic (exact) mass is 706 g/mol. The molecule has 196 valence electrons. The summed E-state index contributed by atoms with van der Waals surface area (Å²) in [7, 11) is 0. The number of nitrogens with zero attached hydrogens (tertiary/aromatic N) is 5.